The van der Waals surface area contributed by atoms with Crippen LogP contribution in [0.25, 0.3) is 0 Å². The molecule has 2 aromatic carbocycles. The van der Waals surface area contributed by atoms with Crippen LogP contribution in [0.5, 0.6) is 0 Å². The Hall–Kier alpha value is -1.91. The molecule has 0 heterocycles. The molecule has 2 aromatic rings. The van der Waals surface area contributed by atoms with Crippen molar-refractivity contribution in [1.82, 2.24) is 4.90 Å². The summed E-state index contributed by atoms with van der Waals surface area (Å²) in [4.78, 5) is 14.8. The van der Waals surface area contributed by atoms with E-state index in [0.717, 1.165) is 24.0 Å². The molecule has 2 unspecified atom stereocenters. The maximum absolute atomic E-state index is 13.4. The van der Waals surface area contributed by atoms with Crippen molar-refractivity contribution in [1.29, 1.82) is 0 Å². The van der Waals surface area contributed by atoms with Gasteiger partial charge < -0.3 is 10.6 Å². The second kappa shape index (κ2) is 8.45. The second-order valence-corrected chi connectivity index (χ2v) is 6.55. The van der Waals surface area contributed by atoms with Crippen LogP contribution in [0.3, 0.4) is 0 Å². The van der Waals surface area contributed by atoms with Crippen LogP contribution in [-0.2, 0) is 11.3 Å². The molecule has 1 aliphatic carbocycles. The van der Waals surface area contributed by atoms with E-state index in [2.05, 4.69) is 0 Å². The van der Waals surface area contributed by atoms with E-state index >= 15 is 0 Å². The summed E-state index contributed by atoms with van der Waals surface area (Å²) in [7, 11) is 0. The molecule has 1 amide bonds. The lowest BCUT2D eigenvalue weighted by Gasteiger charge is -2.29. The molecular weight excluding hydrogens is 339 g/mol. The number of carbonyl (C=O) groups is 1. The highest BCUT2D eigenvalue weighted by Gasteiger charge is 2.36. The first kappa shape index (κ1) is 19.4. The molecule has 5 heteroatoms. The summed E-state index contributed by atoms with van der Waals surface area (Å²) in [5.41, 5.74) is 8.08. The number of halogens is 2. The fourth-order valence-corrected chi connectivity index (χ4v) is 2.98. The normalized spacial score (nSPS) is 15.8. The van der Waals surface area contributed by atoms with Crippen molar-refractivity contribution in [2.45, 2.75) is 38.4 Å². The number of benzene rings is 2. The van der Waals surface area contributed by atoms with Gasteiger partial charge in [0.25, 0.3) is 0 Å². The lowest BCUT2D eigenvalue weighted by Crippen LogP contribution is -2.40. The van der Waals surface area contributed by atoms with E-state index in [1.165, 1.54) is 12.1 Å². The Morgan fingerprint density at radius 3 is 2.48 bits per heavy atom. The molecule has 0 aliphatic heterocycles. The van der Waals surface area contributed by atoms with E-state index in [1.807, 2.05) is 48.2 Å². The summed E-state index contributed by atoms with van der Waals surface area (Å²) in [6.07, 6.45) is 2.02. The van der Waals surface area contributed by atoms with Crippen LogP contribution >= 0.6 is 12.4 Å². The first-order chi connectivity index (χ1) is 11.6. The van der Waals surface area contributed by atoms with E-state index in [4.69, 9.17) is 5.73 Å². The van der Waals surface area contributed by atoms with Crippen molar-refractivity contribution in [2.75, 3.05) is 0 Å². The molecule has 0 spiro atoms. The Balaban J connectivity index is 0.00000225. The molecule has 25 heavy (non-hydrogen) atoms. The molecule has 2 N–H and O–H groups in total. The Labute approximate surface area is 154 Å². The van der Waals surface area contributed by atoms with Gasteiger partial charge in [-0.25, -0.2) is 4.39 Å². The molecule has 3 rings (SSSR count). The molecule has 3 nitrogen and oxygen atoms in total. The minimum atomic E-state index is -0.340. The number of hydrogen-bond donors (Lipinski definition) is 1. The van der Waals surface area contributed by atoms with Crippen LogP contribution in [0.1, 0.15) is 36.9 Å². The predicted octanol–water partition coefficient (Wildman–Crippen LogP) is 4.07. The number of nitrogens with zero attached hydrogens (tertiary/aromatic N) is 1. The molecule has 0 aromatic heterocycles. The average Bonchev–Trinajstić information content (AvgIpc) is 3.43. The van der Waals surface area contributed by atoms with Crippen LogP contribution in [-0.4, -0.2) is 16.8 Å². The van der Waals surface area contributed by atoms with Crippen molar-refractivity contribution < 1.29 is 9.18 Å². The molecule has 2 atom stereocenters. The van der Waals surface area contributed by atoms with Crippen LogP contribution in [0.15, 0.2) is 54.6 Å². The van der Waals surface area contributed by atoms with Gasteiger partial charge in [-0.05, 0) is 36.1 Å². The Bertz CT molecular complexity index is 706. The van der Waals surface area contributed by atoms with E-state index in [9.17, 15) is 9.18 Å². The zero-order chi connectivity index (χ0) is 17.1. The van der Waals surface area contributed by atoms with Gasteiger partial charge in [-0.3, -0.25) is 4.79 Å². The molecule has 1 aliphatic rings. The maximum Gasteiger partial charge on any atom is 0.227 e. The zero-order valence-corrected chi connectivity index (χ0v) is 15.1. The summed E-state index contributed by atoms with van der Waals surface area (Å²) >= 11 is 0. The minimum absolute atomic E-state index is 0. The lowest BCUT2D eigenvalue weighted by atomic mass is 9.94. The van der Waals surface area contributed by atoms with E-state index in [0.29, 0.717) is 6.54 Å². The summed E-state index contributed by atoms with van der Waals surface area (Å²) in [5.74, 6) is -0.551. The van der Waals surface area contributed by atoms with E-state index in [-0.39, 0.29) is 42.1 Å². The number of amides is 1. The second-order valence-electron chi connectivity index (χ2n) is 6.55. The highest BCUT2D eigenvalue weighted by molar-refractivity contribution is 5.85. The van der Waals surface area contributed by atoms with Gasteiger partial charge in [0, 0.05) is 18.6 Å². The van der Waals surface area contributed by atoms with Crippen molar-refractivity contribution >= 4 is 18.3 Å². The summed E-state index contributed by atoms with van der Waals surface area (Å²) in [6.45, 7) is 2.31. The van der Waals surface area contributed by atoms with Gasteiger partial charge in [0.2, 0.25) is 5.91 Å². The Morgan fingerprint density at radius 2 is 1.88 bits per heavy atom. The number of rotatable bonds is 6. The minimum Gasteiger partial charge on any atom is -0.335 e. The molecule has 0 radical (unpaired) electrons. The number of carbonyl (C=O) groups excluding carboxylic acids is 1. The first-order valence-corrected chi connectivity index (χ1v) is 8.41. The standard InChI is InChI=1S/C20H23FN2O.ClH/c1-14(19(22)16-7-3-2-4-8-16)20(24)23(18-10-11-18)13-15-6-5-9-17(21)12-15;/h2-9,12,14,18-19H,10-11,13,22H2,1H3;1H. The maximum atomic E-state index is 13.4. The van der Waals surface area contributed by atoms with Crippen LogP contribution in [0, 0.1) is 11.7 Å². The largest absolute Gasteiger partial charge is 0.335 e. The zero-order valence-electron chi connectivity index (χ0n) is 14.3. The van der Waals surface area contributed by atoms with Gasteiger partial charge in [-0.2, -0.15) is 0 Å². The fourth-order valence-electron chi connectivity index (χ4n) is 2.98. The van der Waals surface area contributed by atoms with Crippen molar-refractivity contribution in [3.05, 3.63) is 71.5 Å². The van der Waals surface area contributed by atoms with Gasteiger partial charge in [-0.15, -0.1) is 12.4 Å². The molecule has 1 fully saturated rings. The highest BCUT2D eigenvalue weighted by Crippen LogP contribution is 2.32. The molecule has 134 valence electrons. The average molecular weight is 363 g/mol. The lowest BCUT2D eigenvalue weighted by molar-refractivity contribution is -0.137. The van der Waals surface area contributed by atoms with Gasteiger partial charge >= 0.3 is 0 Å². The monoisotopic (exact) mass is 362 g/mol. The molecule has 1 saturated carbocycles. The molecular formula is C20H24ClFN2O. The fraction of sp³-hybridized carbons (Fsp3) is 0.350. The quantitative estimate of drug-likeness (QED) is 0.841. The Morgan fingerprint density at radius 1 is 1.20 bits per heavy atom. The van der Waals surface area contributed by atoms with Gasteiger partial charge in [-0.1, -0.05) is 49.4 Å². The molecule has 0 bridgehead atoms. The van der Waals surface area contributed by atoms with E-state index < -0.39 is 0 Å². The summed E-state index contributed by atoms with van der Waals surface area (Å²) in [5, 5.41) is 0. The number of hydrogen-bond acceptors (Lipinski definition) is 2. The van der Waals surface area contributed by atoms with Crippen molar-refractivity contribution in [3.8, 4) is 0 Å². The first-order valence-electron chi connectivity index (χ1n) is 8.41. The van der Waals surface area contributed by atoms with Gasteiger partial charge in [0.1, 0.15) is 5.82 Å². The van der Waals surface area contributed by atoms with Crippen LogP contribution in [0.4, 0.5) is 4.39 Å². The van der Waals surface area contributed by atoms with Crippen LogP contribution in [0.2, 0.25) is 0 Å². The van der Waals surface area contributed by atoms with E-state index in [1.54, 1.807) is 6.07 Å². The smallest absolute Gasteiger partial charge is 0.227 e. The SMILES string of the molecule is CC(C(=O)N(Cc1cccc(F)c1)C1CC1)C(N)c1ccccc1.Cl. The topological polar surface area (TPSA) is 46.3 Å². The highest BCUT2D eigenvalue weighted by atomic mass is 35.5. The van der Waals surface area contributed by atoms with Crippen LogP contribution < -0.4 is 5.73 Å². The van der Waals surface area contributed by atoms with Gasteiger partial charge in [0.05, 0.1) is 5.92 Å². The number of nitrogens with two attached hydrogens (primary N) is 1. The third-order valence-electron chi connectivity index (χ3n) is 4.63. The van der Waals surface area contributed by atoms with Crippen molar-refractivity contribution in [2.24, 2.45) is 11.7 Å². The van der Waals surface area contributed by atoms with Gasteiger partial charge in [0.15, 0.2) is 0 Å². The third kappa shape index (κ3) is 4.80. The third-order valence-corrected chi connectivity index (χ3v) is 4.63. The summed E-state index contributed by atoms with van der Waals surface area (Å²) in [6, 6.07) is 16.0. The molecule has 0 saturated heterocycles. The summed E-state index contributed by atoms with van der Waals surface area (Å²) < 4.78 is 13.4. The predicted molar refractivity (Wildman–Crippen MR) is 99.8 cm³/mol. The Kier molecular flexibility index (Phi) is 6.57. The van der Waals surface area contributed by atoms with Crippen molar-refractivity contribution in [3.63, 3.8) is 0 Å².